The van der Waals surface area contributed by atoms with E-state index in [9.17, 15) is 9.59 Å². The molecule has 4 heteroatoms. The van der Waals surface area contributed by atoms with Crippen molar-refractivity contribution in [3.8, 4) is 0 Å². The molecule has 0 aliphatic rings. The summed E-state index contributed by atoms with van der Waals surface area (Å²) in [5.74, 6) is -0.740. The predicted molar refractivity (Wildman–Crippen MR) is 49.2 cm³/mol. The third-order valence-electron chi connectivity index (χ3n) is 2.05. The normalized spacial score (nSPS) is 14.8. The van der Waals surface area contributed by atoms with Crippen LogP contribution in [0, 0.1) is 5.92 Å². The fourth-order valence-electron chi connectivity index (χ4n) is 0.830. The Hall–Kier alpha value is -0.900. The number of nitrogens with one attached hydrogen (secondary N) is 1. The summed E-state index contributed by atoms with van der Waals surface area (Å²) in [6.45, 7) is 4.70. The summed E-state index contributed by atoms with van der Waals surface area (Å²) in [5.41, 5.74) is 0. The van der Waals surface area contributed by atoms with Crippen molar-refractivity contribution >= 4 is 11.7 Å². The van der Waals surface area contributed by atoms with E-state index in [4.69, 9.17) is 5.11 Å². The van der Waals surface area contributed by atoms with E-state index in [2.05, 4.69) is 5.32 Å². The molecule has 0 aromatic heterocycles. The molecule has 0 radical (unpaired) electrons. The molecule has 2 atom stereocenters. The van der Waals surface area contributed by atoms with Crippen molar-refractivity contribution in [1.82, 2.24) is 5.32 Å². The van der Waals surface area contributed by atoms with E-state index in [1.807, 2.05) is 6.92 Å². The van der Waals surface area contributed by atoms with Gasteiger partial charge in [-0.3, -0.25) is 9.59 Å². The lowest BCUT2D eigenvalue weighted by molar-refractivity contribution is -0.130. The third kappa shape index (κ3) is 4.03. The molecule has 0 aliphatic carbocycles. The molecule has 0 aromatic carbocycles. The Labute approximate surface area is 78.3 Å². The summed E-state index contributed by atoms with van der Waals surface area (Å²) in [7, 11) is 0. The van der Waals surface area contributed by atoms with Crippen LogP contribution in [0.15, 0.2) is 0 Å². The van der Waals surface area contributed by atoms with Crippen LogP contribution in [0.4, 0.5) is 0 Å². The topological polar surface area (TPSA) is 66.4 Å². The number of carbonyl (C=O) groups is 2. The van der Waals surface area contributed by atoms with Gasteiger partial charge in [0, 0.05) is 0 Å². The molecule has 1 amide bonds. The van der Waals surface area contributed by atoms with Crippen LogP contribution in [0.5, 0.6) is 0 Å². The van der Waals surface area contributed by atoms with Crippen LogP contribution in [-0.4, -0.2) is 29.4 Å². The van der Waals surface area contributed by atoms with Gasteiger partial charge in [-0.2, -0.15) is 0 Å². The van der Waals surface area contributed by atoms with Crippen LogP contribution in [0.25, 0.3) is 0 Å². The van der Waals surface area contributed by atoms with Crippen molar-refractivity contribution in [2.75, 3.05) is 6.61 Å². The van der Waals surface area contributed by atoms with E-state index in [1.165, 1.54) is 6.92 Å². The second kappa shape index (κ2) is 5.70. The molecule has 0 spiro atoms. The van der Waals surface area contributed by atoms with Crippen LogP contribution in [0.3, 0.4) is 0 Å². The SMILES string of the molecule is CC[C@@H](CO)C(=O)N[C@@H](C)C(C)=O. The first kappa shape index (κ1) is 12.1. The molecule has 0 bridgehead atoms. The minimum Gasteiger partial charge on any atom is -0.396 e. The molecular formula is C9H17NO3. The monoisotopic (exact) mass is 187 g/mol. The summed E-state index contributed by atoms with van der Waals surface area (Å²) in [6.07, 6.45) is 0.576. The van der Waals surface area contributed by atoms with Gasteiger partial charge in [-0.05, 0) is 20.3 Å². The second-order valence-electron chi connectivity index (χ2n) is 3.13. The predicted octanol–water partition coefficient (Wildman–Crippen LogP) is 0.0986. The highest BCUT2D eigenvalue weighted by atomic mass is 16.3. The van der Waals surface area contributed by atoms with E-state index in [1.54, 1.807) is 6.92 Å². The number of ketones is 1. The molecule has 2 N–H and O–H groups in total. The van der Waals surface area contributed by atoms with Crippen molar-refractivity contribution in [3.05, 3.63) is 0 Å². The Balaban J connectivity index is 4.05. The first-order valence-corrected chi connectivity index (χ1v) is 4.44. The summed E-state index contributed by atoms with van der Waals surface area (Å²) in [4.78, 5) is 22.1. The zero-order valence-corrected chi connectivity index (χ0v) is 8.33. The highest BCUT2D eigenvalue weighted by molar-refractivity contribution is 5.87. The van der Waals surface area contributed by atoms with Crippen molar-refractivity contribution < 1.29 is 14.7 Å². The van der Waals surface area contributed by atoms with Crippen molar-refractivity contribution in [2.24, 2.45) is 5.92 Å². The van der Waals surface area contributed by atoms with Gasteiger partial charge < -0.3 is 10.4 Å². The number of hydrogen-bond donors (Lipinski definition) is 2. The number of amides is 1. The minimum absolute atomic E-state index is 0.0823. The van der Waals surface area contributed by atoms with Crippen LogP contribution in [0.2, 0.25) is 0 Å². The average molecular weight is 187 g/mol. The third-order valence-corrected chi connectivity index (χ3v) is 2.05. The Morgan fingerprint density at radius 3 is 2.31 bits per heavy atom. The first-order valence-electron chi connectivity index (χ1n) is 4.44. The molecule has 0 saturated carbocycles. The Kier molecular flexibility index (Phi) is 5.30. The minimum atomic E-state index is -0.465. The van der Waals surface area contributed by atoms with Crippen LogP contribution in [-0.2, 0) is 9.59 Å². The van der Waals surface area contributed by atoms with Crippen molar-refractivity contribution in [1.29, 1.82) is 0 Å². The van der Waals surface area contributed by atoms with Crippen LogP contribution < -0.4 is 5.32 Å². The Bertz CT molecular complexity index is 187. The number of rotatable bonds is 5. The van der Waals surface area contributed by atoms with Gasteiger partial charge in [-0.1, -0.05) is 6.92 Å². The van der Waals surface area contributed by atoms with Gasteiger partial charge >= 0.3 is 0 Å². The lowest BCUT2D eigenvalue weighted by atomic mass is 10.1. The maximum atomic E-state index is 11.3. The lowest BCUT2D eigenvalue weighted by Gasteiger charge is -2.15. The van der Waals surface area contributed by atoms with Crippen molar-refractivity contribution in [2.45, 2.75) is 33.2 Å². The number of aliphatic hydroxyl groups excluding tert-OH is 1. The highest BCUT2D eigenvalue weighted by Crippen LogP contribution is 2.01. The number of aliphatic hydroxyl groups is 1. The molecule has 13 heavy (non-hydrogen) atoms. The summed E-state index contributed by atoms with van der Waals surface area (Å²) < 4.78 is 0. The van der Waals surface area contributed by atoms with Gasteiger partial charge in [-0.15, -0.1) is 0 Å². The van der Waals surface area contributed by atoms with Gasteiger partial charge in [-0.25, -0.2) is 0 Å². The van der Waals surface area contributed by atoms with E-state index < -0.39 is 12.0 Å². The summed E-state index contributed by atoms with van der Waals surface area (Å²) in [6, 6.07) is -0.465. The summed E-state index contributed by atoms with van der Waals surface area (Å²) in [5, 5.41) is 11.3. The molecule has 76 valence electrons. The molecule has 0 aliphatic heterocycles. The Morgan fingerprint density at radius 1 is 1.46 bits per heavy atom. The quantitative estimate of drug-likeness (QED) is 0.641. The smallest absolute Gasteiger partial charge is 0.225 e. The van der Waals surface area contributed by atoms with E-state index >= 15 is 0 Å². The van der Waals surface area contributed by atoms with Gasteiger partial charge in [0.25, 0.3) is 0 Å². The maximum Gasteiger partial charge on any atom is 0.225 e. The van der Waals surface area contributed by atoms with Crippen LogP contribution >= 0.6 is 0 Å². The number of hydrogen-bond acceptors (Lipinski definition) is 3. The van der Waals surface area contributed by atoms with Crippen molar-refractivity contribution in [3.63, 3.8) is 0 Å². The van der Waals surface area contributed by atoms with Gasteiger partial charge in [0.2, 0.25) is 5.91 Å². The molecule has 0 rings (SSSR count). The van der Waals surface area contributed by atoms with E-state index in [0.717, 1.165) is 0 Å². The molecule has 0 heterocycles. The molecule has 0 unspecified atom stereocenters. The zero-order valence-electron chi connectivity index (χ0n) is 8.33. The van der Waals surface area contributed by atoms with Gasteiger partial charge in [0.1, 0.15) is 0 Å². The van der Waals surface area contributed by atoms with Gasteiger partial charge in [0.15, 0.2) is 5.78 Å². The van der Waals surface area contributed by atoms with Crippen LogP contribution in [0.1, 0.15) is 27.2 Å². The van der Waals surface area contributed by atoms with Gasteiger partial charge in [0.05, 0.1) is 18.6 Å². The zero-order chi connectivity index (χ0) is 10.4. The standard InChI is InChI=1S/C9H17NO3/c1-4-8(5-11)9(13)10-6(2)7(3)12/h6,8,11H,4-5H2,1-3H3,(H,10,13)/t6-,8-/m0/s1. The summed E-state index contributed by atoms with van der Waals surface area (Å²) >= 11 is 0. The molecule has 0 fully saturated rings. The fraction of sp³-hybridized carbons (Fsp3) is 0.778. The lowest BCUT2D eigenvalue weighted by Crippen LogP contribution is -2.41. The second-order valence-corrected chi connectivity index (χ2v) is 3.13. The fourth-order valence-corrected chi connectivity index (χ4v) is 0.830. The number of carbonyl (C=O) groups excluding carboxylic acids is 2. The Morgan fingerprint density at radius 2 is 2.00 bits per heavy atom. The number of Topliss-reactive ketones (excluding diaryl/α,β-unsaturated/α-hetero) is 1. The van der Waals surface area contributed by atoms with E-state index in [-0.39, 0.29) is 18.3 Å². The highest BCUT2D eigenvalue weighted by Gasteiger charge is 2.18. The molecule has 0 saturated heterocycles. The molecule has 0 aromatic rings. The first-order chi connectivity index (χ1) is 6.02. The average Bonchev–Trinajstić information content (AvgIpc) is 2.06. The molecular weight excluding hydrogens is 170 g/mol. The maximum absolute atomic E-state index is 11.3. The largest absolute Gasteiger partial charge is 0.396 e. The van der Waals surface area contributed by atoms with E-state index in [0.29, 0.717) is 6.42 Å². The molecule has 4 nitrogen and oxygen atoms in total.